The largest absolute Gasteiger partial charge is 0.331 e. The second kappa shape index (κ2) is 8.60. The van der Waals surface area contributed by atoms with E-state index >= 15 is 0 Å². The lowest BCUT2D eigenvalue weighted by atomic mass is 10.1. The minimum Gasteiger partial charge on any atom is -0.331 e. The van der Waals surface area contributed by atoms with Crippen LogP contribution in [0.25, 0.3) is 6.08 Å². The third-order valence-corrected chi connectivity index (χ3v) is 3.85. The summed E-state index contributed by atoms with van der Waals surface area (Å²) in [6, 6.07) is 23.9. The van der Waals surface area contributed by atoms with Gasteiger partial charge in [0.1, 0.15) is 0 Å². The van der Waals surface area contributed by atoms with Gasteiger partial charge in [0.05, 0.1) is 0 Å². The number of benzene rings is 2. The molecule has 0 spiro atoms. The standard InChI is InChI=1S/C22H20N2O/c25-22(14-13-19-12-7-15-23-16-19)24(17-20-8-3-1-4-9-20)18-21-10-5-2-6-11-21/h1-16H,17-18H2. The van der Waals surface area contributed by atoms with Crippen molar-refractivity contribution < 1.29 is 4.79 Å². The van der Waals surface area contributed by atoms with Crippen LogP contribution in [-0.4, -0.2) is 15.8 Å². The fourth-order valence-corrected chi connectivity index (χ4v) is 2.57. The summed E-state index contributed by atoms with van der Waals surface area (Å²) < 4.78 is 0. The molecule has 25 heavy (non-hydrogen) atoms. The minimum absolute atomic E-state index is 0.0171. The first-order chi connectivity index (χ1) is 12.3. The van der Waals surface area contributed by atoms with Crippen LogP contribution < -0.4 is 0 Å². The van der Waals surface area contributed by atoms with Gasteiger partial charge in [-0.2, -0.15) is 0 Å². The zero-order valence-corrected chi connectivity index (χ0v) is 14.0. The summed E-state index contributed by atoms with van der Waals surface area (Å²) in [5.41, 5.74) is 3.14. The van der Waals surface area contributed by atoms with Crippen molar-refractivity contribution in [3.8, 4) is 0 Å². The van der Waals surface area contributed by atoms with Gasteiger partial charge in [0.25, 0.3) is 0 Å². The summed E-state index contributed by atoms with van der Waals surface area (Å²) >= 11 is 0. The van der Waals surface area contributed by atoms with Gasteiger partial charge >= 0.3 is 0 Å². The van der Waals surface area contributed by atoms with Gasteiger partial charge in [-0.1, -0.05) is 66.7 Å². The van der Waals surface area contributed by atoms with Crippen molar-refractivity contribution in [3.05, 3.63) is 108 Å². The molecule has 0 radical (unpaired) electrons. The molecule has 0 saturated heterocycles. The number of carbonyl (C=O) groups excluding carboxylic acids is 1. The van der Waals surface area contributed by atoms with E-state index in [0.29, 0.717) is 13.1 Å². The van der Waals surface area contributed by atoms with Crippen molar-refractivity contribution in [2.24, 2.45) is 0 Å². The maximum atomic E-state index is 12.7. The number of hydrogen-bond donors (Lipinski definition) is 0. The molecule has 0 saturated carbocycles. The van der Waals surface area contributed by atoms with Gasteiger partial charge in [-0.25, -0.2) is 0 Å². The lowest BCUT2D eigenvalue weighted by molar-refractivity contribution is -0.127. The predicted octanol–water partition coefficient (Wildman–Crippen LogP) is 4.32. The van der Waals surface area contributed by atoms with Crippen LogP contribution in [0.1, 0.15) is 16.7 Å². The molecule has 1 amide bonds. The number of aromatic nitrogens is 1. The first-order valence-corrected chi connectivity index (χ1v) is 8.26. The van der Waals surface area contributed by atoms with Crippen LogP contribution in [0.3, 0.4) is 0 Å². The average Bonchev–Trinajstić information content (AvgIpc) is 2.68. The Kier molecular flexibility index (Phi) is 5.73. The SMILES string of the molecule is O=C(C=Cc1cccnc1)N(Cc1ccccc1)Cc1ccccc1. The summed E-state index contributed by atoms with van der Waals surface area (Å²) in [7, 11) is 0. The van der Waals surface area contributed by atoms with Crippen molar-refractivity contribution >= 4 is 12.0 Å². The van der Waals surface area contributed by atoms with E-state index in [4.69, 9.17) is 0 Å². The van der Waals surface area contributed by atoms with E-state index in [1.165, 1.54) is 0 Å². The Morgan fingerprint density at radius 3 is 1.96 bits per heavy atom. The fourth-order valence-electron chi connectivity index (χ4n) is 2.57. The van der Waals surface area contributed by atoms with Crippen molar-refractivity contribution in [1.29, 1.82) is 0 Å². The number of pyridine rings is 1. The lowest BCUT2D eigenvalue weighted by Crippen LogP contribution is -2.28. The molecule has 3 rings (SSSR count). The first kappa shape index (κ1) is 16.7. The molecule has 0 atom stereocenters. The number of rotatable bonds is 6. The van der Waals surface area contributed by atoms with E-state index in [1.807, 2.05) is 77.7 Å². The van der Waals surface area contributed by atoms with E-state index in [-0.39, 0.29) is 5.91 Å². The Hall–Kier alpha value is -3.20. The molecule has 0 bridgehead atoms. The van der Waals surface area contributed by atoms with Crippen LogP contribution in [0.4, 0.5) is 0 Å². The predicted molar refractivity (Wildman–Crippen MR) is 100 cm³/mol. The summed E-state index contributed by atoms with van der Waals surface area (Å²) in [4.78, 5) is 18.7. The number of hydrogen-bond acceptors (Lipinski definition) is 2. The summed E-state index contributed by atoms with van der Waals surface area (Å²) in [5, 5.41) is 0. The van der Waals surface area contributed by atoms with Crippen molar-refractivity contribution in [1.82, 2.24) is 9.88 Å². The molecule has 3 heteroatoms. The van der Waals surface area contributed by atoms with E-state index in [0.717, 1.165) is 16.7 Å². The fraction of sp³-hybridized carbons (Fsp3) is 0.0909. The van der Waals surface area contributed by atoms with Crippen LogP contribution in [0, 0.1) is 0 Å². The van der Waals surface area contributed by atoms with Gasteiger partial charge in [-0.15, -0.1) is 0 Å². The average molecular weight is 328 g/mol. The molecule has 0 aliphatic carbocycles. The topological polar surface area (TPSA) is 33.2 Å². The van der Waals surface area contributed by atoms with Crippen molar-refractivity contribution in [3.63, 3.8) is 0 Å². The Labute approximate surface area is 148 Å². The van der Waals surface area contributed by atoms with Crippen molar-refractivity contribution in [2.45, 2.75) is 13.1 Å². The summed E-state index contributed by atoms with van der Waals surface area (Å²) in [5.74, 6) is -0.0171. The second-order valence-corrected chi connectivity index (χ2v) is 5.79. The molecule has 0 aliphatic rings. The minimum atomic E-state index is -0.0171. The highest BCUT2D eigenvalue weighted by molar-refractivity contribution is 5.91. The maximum absolute atomic E-state index is 12.7. The van der Waals surface area contributed by atoms with Gasteiger partial charge in [0.2, 0.25) is 5.91 Å². The number of amides is 1. The zero-order valence-electron chi connectivity index (χ0n) is 14.0. The highest BCUT2D eigenvalue weighted by Crippen LogP contribution is 2.11. The molecule has 3 nitrogen and oxygen atoms in total. The summed E-state index contributed by atoms with van der Waals surface area (Å²) in [6.07, 6.45) is 6.87. The van der Waals surface area contributed by atoms with Crippen LogP contribution in [0.2, 0.25) is 0 Å². The molecule has 0 N–H and O–H groups in total. The van der Waals surface area contributed by atoms with Crippen molar-refractivity contribution in [2.75, 3.05) is 0 Å². The van der Waals surface area contributed by atoms with E-state index < -0.39 is 0 Å². The van der Waals surface area contributed by atoms with Crippen LogP contribution in [0.15, 0.2) is 91.3 Å². The molecule has 0 aliphatic heterocycles. The normalized spacial score (nSPS) is 10.7. The van der Waals surface area contributed by atoms with Gasteiger partial charge in [-0.05, 0) is 28.8 Å². The smallest absolute Gasteiger partial charge is 0.247 e. The molecule has 0 unspecified atom stereocenters. The molecule has 124 valence electrons. The highest BCUT2D eigenvalue weighted by atomic mass is 16.2. The quantitative estimate of drug-likeness (QED) is 0.631. The third-order valence-electron chi connectivity index (χ3n) is 3.85. The second-order valence-electron chi connectivity index (χ2n) is 5.79. The van der Waals surface area contributed by atoms with Crippen LogP contribution >= 0.6 is 0 Å². The molecule has 0 fully saturated rings. The van der Waals surface area contributed by atoms with E-state index in [1.54, 1.807) is 24.5 Å². The van der Waals surface area contributed by atoms with E-state index in [2.05, 4.69) is 4.98 Å². The monoisotopic (exact) mass is 328 g/mol. The van der Waals surface area contributed by atoms with Gasteiger partial charge in [-0.3, -0.25) is 9.78 Å². The Balaban J connectivity index is 1.77. The Morgan fingerprint density at radius 1 is 0.840 bits per heavy atom. The highest BCUT2D eigenvalue weighted by Gasteiger charge is 2.12. The molecular weight excluding hydrogens is 308 g/mol. The molecule has 1 heterocycles. The van der Waals surface area contributed by atoms with Crippen LogP contribution in [-0.2, 0) is 17.9 Å². The molecule has 1 aromatic heterocycles. The number of carbonyl (C=O) groups is 1. The Bertz CT molecular complexity index is 773. The third kappa shape index (κ3) is 5.15. The maximum Gasteiger partial charge on any atom is 0.247 e. The van der Waals surface area contributed by atoms with Crippen LogP contribution in [0.5, 0.6) is 0 Å². The number of nitrogens with zero attached hydrogens (tertiary/aromatic N) is 2. The molecule has 3 aromatic rings. The summed E-state index contributed by atoms with van der Waals surface area (Å²) in [6.45, 7) is 1.15. The molecular formula is C22H20N2O. The van der Waals surface area contributed by atoms with Gasteiger partial charge in [0, 0.05) is 31.6 Å². The first-order valence-electron chi connectivity index (χ1n) is 8.26. The van der Waals surface area contributed by atoms with Gasteiger partial charge in [0.15, 0.2) is 0 Å². The molecule has 2 aromatic carbocycles. The lowest BCUT2D eigenvalue weighted by Gasteiger charge is -2.21. The Morgan fingerprint density at radius 2 is 1.44 bits per heavy atom. The zero-order chi connectivity index (χ0) is 17.3. The van der Waals surface area contributed by atoms with E-state index in [9.17, 15) is 4.79 Å². The van der Waals surface area contributed by atoms with Gasteiger partial charge < -0.3 is 4.90 Å².